The Kier molecular flexibility index (Phi) is 9.12. The van der Waals surface area contributed by atoms with Crippen molar-refractivity contribution >= 4 is 12.0 Å². The summed E-state index contributed by atoms with van der Waals surface area (Å²) >= 11 is 0. The summed E-state index contributed by atoms with van der Waals surface area (Å²) in [5.41, 5.74) is 3.23. The number of aromatic hydroxyl groups is 1. The van der Waals surface area contributed by atoms with Gasteiger partial charge in [0.15, 0.2) is 0 Å². The lowest BCUT2D eigenvalue weighted by Gasteiger charge is -2.58. The minimum Gasteiger partial charge on any atom is -0.508 e. The largest absolute Gasteiger partial charge is 0.508 e. The Balaban J connectivity index is 1.21. The maximum absolute atomic E-state index is 12.6. The lowest BCUT2D eigenvalue weighted by atomic mass is 9.47. The van der Waals surface area contributed by atoms with Crippen molar-refractivity contribution in [3.05, 3.63) is 47.6 Å². The second kappa shape index (κ2) is 12.3. The molecular formula is C38H56O3. The fourth-order valence-corrected chi connectivity index (χ4v) is 10.3. The smallest absolute Gasteiger partial charge is 0.331 e. The van der Waals surface area contributed by atoms with Crippen molar-refractivity contribution in [1.29, 1.82) is 0 Å². The molecule has 0 spiro atoms. The number of hydrogen-bond acceptors (Lipinski definition) is 3. The fraction of sp³-hybridized carbons (Fsp3) is 0.711. The molecule has 3 saturated carbocycles. The molecule has 0 unspecified atom stereocenters. The number of allylic oxidation sites excluding steroid dienone is 1. The number of carbonyl (C=O) groups is 1. The third kappa shape index (κ3) is 6.07. The summed E-state index contributed by atoms with van der Waals surface area (Å²) in [5.74, 6) is 5.86. The van der Waals surface area contributed by atoms with Crippen LogP contribution in [0.5, 0.6) is 5.75 Å². The second-order valence-electron chi connectivity index (χ2n) is 15.2. The highest BCUT2D eigenvalue weighted by molar-refractivity contribution is 5.87. The number of rotatable bonds is 9. The Morgan fingerprint density at radius 3 is 2.49 bits per heavy atom. The quantitative estimate of drug-likeness (QED) is 0.186. The predicted octanol–water partition coefficient (Wildman–Crippen LogP) is 9.99. The van der Waals surface area contributed by atoms with Crippen molar-refractivity contribution in [3.8, 4) is 5.75 Å². The van der Waals surface area contributed by atoms with Crippen LogP contribution in [0.25, 0.3) is 6.08 Å². The van der Waals surface area contributed by atoms with E-state index in [9.17, 15) is 9.90 Å². The van der Waals surface area contributed by atoms with E-state index in [1.54, 1.807) is 35.9 Å². The first-order chi connectivity index (χ1) is 19.5. The van der Waals surface area contributed by atoms with Crippen molar-refractivity contribution in [2.45, 2.75) is 118 Å². The van der Waals surface area contributed by atoms with E-state index in [0.29, 0.717) is 5.41 Å². The molecule has 0 radical (unpaired) electrons. The summed E-state index contributed by atoms with van der Waals surface area (Å²) in [6.45, 7) is 15.0. The number of esters is 1. The van der Waals surface area contributed by atoms with Gasteiger partial charge in [0.1, 0.15) is 11.9 Å². The molecule has 41 heavy (non-hydrogen) atoms. The van der Waals surface area contributed by atoms with Crippen LogP contribution in [0.15, 0.2) is 42.0 Å². The van der Waals surface area contributed by atoms with Crippen LogP contribution < -0.4 is 0 Å². The van der Waals surface area contributed by atoms with Crippen molar-refractivity contribution in [2.75, 3.05) is 0 Å². The topological polar surface area (TPSA) is 46.5 Å². The van der Waals surface area contributed by atoms with Gasteiger partial charge in [-0.05, 0) is 127 Å². The Morgan fingerprint density at radius 1 is 1.02 bits per heavy atom. The lowest BCUT2D eigenvalue weighted by molar-refractivity contribution is -0.145. The molecule has 4 aliphatic rings. The lowest BCUT2D eigenvalue weighted by Crippen LogP contribution is -2.51. The van der Waals surface area contributed by atoms with Gasteiger partial charge in [0.05, 0.1) is 0 Å². The average molecular weight is 561 g/mol. The average Bonchev–Trinajstić information content (AvgIpc) is 3.30. The molecule has 0 bridgehead atoms. The van der Waals surface area contributed by atoms with E-state index in [4.69, 9.17) is 4.74 Å². The number of hydrogen-bond donors (Lipinski definition) is 1. The normalized spacial score (nSPS) is 36.3. The maximum atomic E-state index is 12.6. The van der Waals surface area contributed by atoms with Crippen LogP contribution in [0.2, 0.25) is 0 Å². The molecular weight excluding hydrogens is 504 g/mol. The number of carbonyl (C=O) groups excluding carboxylic acids is 1. The van der Waals surface area contributed by atoms with Gasteiger partial charge < -0.3 is 9.84 Å². The molecule has 1 N–H and O–H groups in total. The van der Waals surface area contributed by atoms with Gasteiger partial charge in [-0.2, -0.15) is 0 Å². The SMILES string of the molecule is CC[C@H](CC[C@@H](C)[C@H]1CC[C@H]2[C@@H]3CC=C4C[C@@H](OC(=O)/C=C/c5ccc(O)cc5)CC[C@]4(C)[C@H]3CC[C@]12C)C(C)C. The first-order valence-electron chi connectivity index (χ1n) is 16.9. The van der Waals surface area contributed by atoms with Gasteiger partial charge >= 0.3 is 5.97 Å². The number of benzene rings is 1. The Labute approximate surface area is 250 Å². The van der Waals surface area contributed by atoms with Crippen LogP contribution in [0.1, 0.15) is 118 Å². The number of phenols is 1. The van der Waals surface area contributed by atoms with Gasteiger partial charge in [-0.1, -0.05) is 78.2 Å². The number of fused-ring (bicyclic) bond motifs is 5. The molecule has 0 amide bonds. The van der Waals surface area contributed by atoms with E-state index in [2.05, 4.69) is 47.6 Å². The zero-order chi connectivity index (χ0) is 29.4. The molecule has 1 aromatic carbocycles. The third-order valence-electron chi connectivity index (χ3n) is 12.9. The van der Waals surface area contributed by atoms with Crippen LogP contribution in [-0.4, -0.2) is 17.2 Å². The van der Waals surface area contributed by atoms with E-state index in [0.717, 1.165) is 66.3 Å². The zero-order valence-corrected chi connectivity index (χ0v) is 26.7. The molecule has 3 heteroatoms. The summed E-state index contributed by atoms with van der Waals surface area (Å²) < 4.78 is 5.94. The Hall–Kier alpha value is -2.03. The van der Waals surface area contributed by atoms with Crippen LogP contribution in [0, 0.1) is 52.3 Å². The van der Waals surface area contributed by atoms with Gasteiger partial charge in [0, 0.05) is 12.5 Å². The number of phenolic OH excluding ortho intramolecular Hbond substituents is 1. The van der Waals surface area contributed by atoms with Crippen LogP contribution in [-0.2, 0) is 9.53 Å². The summed E-state index contributed by atoms with van der Waals surface area (Å²) in [6.07, 6.45) is 19.9. The monoisotopic (exact) mass is 560 g/mol. The van der Waals surface area contributed by atoms with Gasteiger partial charge in [0.2, 0.25) is 0 Å². The highest BCUT2D eigenvalue weighted by Crippen LogP contribution is 2.67. The van der Waals surface area contributed by atoms with E-state index >= 15 is 0 Å². The molecule has 5 rings (SSSR count). The van der Waals surface area contributed by atoms with E-state index < -0.39 is 0 Å². The summed E-state index contributed by atoms with van der Waals surface area (Å²) in [6, 6.07) is 6.85. The minimum atomic E-state index is -0.265. The number of ether oxygens (including phenoxy) is 1. The Bertz CT molecular complexity index is 1110. The standard InChI is InChI=1S/C38H56O3/c1-7-28(25(2)3)12-8-26(4)33-17-18-34-32-16-13-29-24-31(20-22-37(29,5)35(32)21-23-38(33,34)6)41-36(40)19-11-27-9-14-30(39)15-10-27/h9-11,13-15,19,25-26,28,31-35,39H,7-8,12,16-18,20-24H2,1-6H3/b19-11+/t26-,28-,31+,32+,33-,34+,35+,37+,38-/m1/s1. The zero-order valence-electron chi connectivity index (χ0n) is 26.7. The van der Waals surface area contributed by atoms with Crippen molar-refractivity contribution in [3.63, 3.8) is 0 Å². The molecule has 0 saturated heterocycles. The molecule has 4 aliphatic carbocycles. The van der Waals surface area contributed by atoms with Crippen LogP contribution >= 0.6 is 0 Å². The first kappa shape index (κ1) is 30.4. The Morgan fingerprint density at radius 2 is 1.78 bits per heavy atom. The van der Waals surface area contributed by atoms with Crippen molar-refractivity contribution < 1.29 is 14.6 Å². The van der Waals surface area contributed by atoms with Gasteiger partial charge in [0.25, 0.3) is 0 Å². The maximum Gasteiger partial charge on any atom is 0.331 e. The molecule has 1 aromatic rings. The summed E-state index contributed by atoms with van der Waals surface area (Å²) in [7, 11) is 0. The molecule has 226 valence electrons. The van der Waals surface area contributed by atoms with E-state index in [1.165, 1.54) is 57.4 Å². The molecule has 9 atom stereocenters. The summed E-state index contributed by atoms with van der Waals surface area (Å²) in [5, 5.41) is 9.47. The van der Waals surface area contributed by atoms with Crippen molar-refractivity contribution in [1.82, 2.24) is 0 Å². The fourth-order valence-electron chi connectivity index (χ4n) is 10.3. The highest BCUT2D eigenvalue weighted by atomic mass is 16.5. The minimum absolute atomic E-state index is 0.0220. The van der Waals surface area contributed by atoms with Crippen LogP contribution in [0.3, 0.4) is 0 Å². The van der Waals surface area contributed by atoms with E-state index in [1.807, 2.05) is 0 Å². The molecule has 3 nitrogen and oxygen atoms in total. The second-order valence-corrected chi connectivity index (χ2v) is 15.2. The summed E-state index contributed by atoms with van der Waals surface area (Å²) in [4.78, 5) is 12.6. The van der Waals surface area contributed by atoms with Gasteiger partial charge in [-0.25, -0.2) is 4.79 Å². The molecule has 0 aromatic heterocycles. The first-order valence-corrected chi connectivity index (χ1v) is 16.9. The molecule has 3 fully saturated rings. The predicted molar refractivity (Wildman–Crippen MR) is 169 cm³/mol. The van der Waals surface area contributed by atoms with E-state index in [-0.39, 0.29) is 23.2 Å². The van der Waals surface area contributed by atoms with Crippen LogP contribution in [0.4, 0.5) is 0 Å². The van der Waals surface area contributed by atoms with Crippen molar-refractivity contribution in [2.24, 2.45) is 52.3 Å². The molecule has 0 heterocycles. The molecule has 0 aliphatic heterocycles. The third-order valence-corrected chi connectivity index (χ3v) is 12.9. The van der Waals surface area contributed by atoms with Gasteiger partial charge in [-0.15, -0.1) is 0 Å². The van der Waals surface area contributed by atoms with Gasteiger partial charge in [-0.3, -0.25) is 0 Å². The highest BCUT2D eigenvalue weighted by Gasteiger charge is 2.59.